The van der Waals surface area contributed by atoms with Crippen LogP contribution in [0, 0.1) is 5.92 Å². The second-order valence-corrected chi connectivity index (χ2v) is 4.24. The molecule has 0 fully saturated rings. The lowest BCUT2D eigenvalue weighted by atomic mass is 10.2. The van der Waals surface area contributed by atoms with Crippen LogP contribution >= 0.6 is 11.6 Å². The topological polar surface area (TPSA) is 44.1 Å². The number of imidazole rings is 1. The molecule has 1 aromatic heterocycles. The van der Waals surface area contributed by atoms with Crippen molar-refractivity contribution in [2.24, 2.45) is 5.92 Å². The van der Waals surface area contributed by atoms with Crippen molar-refractivity contribution in [2.45, 2.75) is 13.5 Å². The van der Waals surface area contributed by atoms with Gasteiger partial charge in [0.1, 0.15) is 0 Å². The average Bonchev–Trinajstić information content (AvgIpc) is 2.65. The number of carbonyl (C=O) groups is 1. The molecule has 1 heterocycles. The van der Waals surface area contributed by atoms with E-state index >= 15 is 0 Å². The predicted octanol–water partition coefficient (Wildman–Crippen LogP) is 2.50. The molecule has 0 amide bonds. The Hall–Kier alpha value is -1.55. The van der Waals surface area contributed by atoms with E-state index in [2.05, 4.69) is 4.98 Å². The van der Waals surface area contributed by atoms with Crippen molar-refractivity contribution in [3.8, 4) is 0 Å². The fourth-order valence-electron chi connectivity index (χ4n) is 1.77. The Labute approximate surface area is 104 Å². The van der Waals surface area contributed by atoms with Gasteiger partial charge in [0.05, 0.1) is 24.1 Å². The summed E-state index contributed by atoms with van der Waals surface area (Å²) in [6.45, 7) is 2.27. The molecule has 2 rings (SSSR count). The second-order valence-electron chi connectivity index (χ2n) is 3.90. The van der Waals surface area contributed by atoms with Crippen LogP contribution in [-0.2, 0) is 16.1 Å². The van der Waals surface area contributed by atoms with Gasteiger partial charge in [0.2, 0.25) is 5.28 Å². The maximum Gasteiger partial charge on any atom is 0.310 e. The van der Waals surface area contributed by atoms with Crippen LogP contribution in [0.5, 0.6) is 0 Å². The van der Waals surface area contributed by atoms with Gasteiger partial charge in [-0.1, -0.05) is 19.1 Å². The van der Waals surface area contributed by atoms with E-state index in [1.54, 1.807) is 6.92 Å². The summed E-state index contributed by atoms with van der Waals surface area (Å²) in [4.78, 5) is 15.6. The Morgan fingerprint density at radius 2 is 2.24 bits per heavy atom. The first kappa shape index (κ1) is 11.9. The van der Waals surface area contributed by atoms with Crippen LogP contribution in [0.2, 0.25) is 5.28 Å². The van der Waals surface area contributed by atoms with Crippen molar-refractivity contribution in [1.29, 1.82) is 0 Å². The lowest BCUT2D eigenvalue weighted by Gasteiger charge is -2.11. The minimum Gasteiger partial charge on any atom is -0.469 e. The van der Waals surface area contributed by atoms with Crippen molar-refractivity contribution >= 4 is 28.6 Å². The van der Waals surface area contributed by atoms with E-state index in [0.717, 1.165) is 11.0 Å². The summed E-state index contributed by atoms with van der Waals surface area (Å²) in [5.41, 5.74) is 1.75. The molecule has 4 nitrogen and oxygen atoms in total. The Balaban J connectivity index is 2.35. The van der Waals surface area contributed by atoms with Gasteiger partial charge in [-0.2, -0.15) is 0 Å². The number of nitrogens with zero attached hydrogens (tertiary/aromatic N) is 2. The standard InChI is InChI=1S/C12H13ClN2O2/c1-8(11(16)17-2)7-15-10-6-4-3-5-9(10)14-12(15)13/h3-6,8H,7H2,1-2H3. The number of carbonyl (C=O) groups excluding carboxylic acids is 1. The summed E-state index contributed by atoms with van der Waals surface area (Å²) in [6.07, 6.45) is 0. The molecule has 0 spiro atoms. The van der Waals surface area contributed by atoms with E-state index in [1.165, 1.54) is 7.11 Å². The van der Waals surface area contributed by atoms with Crippen LogP contribution < -0.4 is 0 Å². The molecule has 0 saturated carbocycles. The van der Waals surface area contributed by atoms with E-state index in [1.807, 2.05) is 28.8 Å². The molecule has 0 aliphatic carbocycles. The van der Waals surface area contributed by atoms with E-state index in [-0.39, 0.29) is 11.9 Å². The normalized spacial score (nSPS) is 12.6. The quantitative estimate of drug-likeness (QED) is 0.789. The Kier molecular flexibility index (Phi) is 3.33. The van der Waals surface area contributed by atoms with Crippen LogP contribution in [-0.4, -0.2) is 22.6 Å². The first-order valence-corrected chi connectivity index (χ1v) is 5.70. The maximum absolute atomic E-state index is 11.4. The molecule has 2 aromatic rings. The molecule has 0 radical (unpaired) electrons. The van der Waals surface area contributed by atoms with Gasteiger partial charge in [0.15, 0.2) is 0 Å². The number of methoxy groups -OCH3 is 1. The summed E-state index contributed by atoms with van der Waals surface area (Å²) in [5.74, 6) is -0.506. The van der Waals surface area contributed by atoms with Gasteiger partial charge in [0, 0.05) is 6.54 Å². The number of esters is 1. The number of halogens is 1. The summed E-state index contributed by atoms with van der Waals surface area (Å²) >= 11 is 6.06. The summed E-state index contributed by atoms with van der Waals surface area (Å²) < 4.78 is 6.51. The first-order valence-electron chi connectivity index (χ1n) is 5.32. The van der Waals surface area contributed by atoms with Crippen molar-refractivity contribution < 1.29 is 9.53 Å². The summed E-state index contributed by atoms with van der Waals surface area (Å²) in [7, 11) is 1.38. The highest BCUT2D eigenvalue weighted by molar-refractivity contribution is 6.29. The van der Waals surface area contributed by atoms with Crippen molar-refractivity contribution in [1.82, 2.24) is 9.55 Å². The van der Waals surface area contributed by atoms with E-state index in [4.69, 9.17) is 16.3 Å². The van der Waals surface area contributed by atoms with Gasteiger partial charge < -0.3 is 9.30 Å². The first-order chi connectivity index (χ1) is 8.13. The van der Waals surface area contributed by atoms with E-state index < -0.39 is 0 Å². The van der Waals surface area contributed by atoms with Gasteiger partial charge in [-0.15, -0.1) is 0 Å². The monoisotopic (exact) mass is 252 g/mol. The largest absolute Gasteiger partial charge is 0.469 e. The molecule has 17 heavy (non-hydrogen) atoms. The molecule has 90 valence electrons. The van der Waals surface area contributed by atoms with Crippen molar-refractivity contribution in [3.05, 3.63) is 29.5 Å². The third kappa shape index (κ3) is 2.26. The third-order valence-electron chi connectivity index (χ3n) is 2.67. The lowest BCUT2D eigenvalue weighted by molar-refractivity contribution is -0.145. The highest BCUT2D eigenvalue weighted by atomic mass is 35.5. The third-order valence-corrected chi connectivity index (χ3v) is 2.96. The van der Waals surface area contributed by atoms with E-state index in [9.17, 15) is 4.79 Å². The Bertz CT molecular complexity index is 550. The number of ether oxygens (including phenoxy) is 1. The maximum atomic E-state index is 11.4. The van der Waals surface area contributed by atoms with Gasteiger partial charge in [-0.25, -0.2) is 4.98 Å². The number of hydrogen-bond acceptors (Lipinski definition) is 3. The van der Waals surface area contributed by atoms with Gasteiger partial charge >= 0.3 is 5.97 Å². The number of rotatable bonds is 3. The molecular weight excluding hydrogens is 240 g/mol. The van der Waals surface area contributed by atoms with Crippen molar-refractivity contribution in [2.75, 3.05) is 7.11 Å². The lowest BCUT2D eigenvalue weighted by Crippen LogP contribution is -2.18. The highest BCUT2D eigenvalue weighted by Gasteiger charge is 2.17. The number of para-hydroxylation sites is 2. The highest BCUT2D eigenvalue weighted by Crippen LogP contribution is 2.21. The molecule has 1 aromatic carbocycles. The smallest absolute Gasteiger partial charge is 0.310 e. The number of fused-ring (bicyclic) bond motifs is 1. The minimum absolute atomic E-state index is 0.251. The van der Waals surface area contributed by atoms with Crippen LogP contribution in [0.3, 0.4) is 0 Å². The van der Waals surface area contributed by atoms with Gasteiger partial charge in [-0.05, 0) is 23.7 Å². The molecule has 0 aliphatic rings. The van der Waals surface area contributed by atoms with Crippen molar-refractivity contribution in [3.63, 3.8) is 0 Å². The molecule has 0 saturated heterocycles. The van der Waals surface area contributed by atoms with Crippen LogP contribution in [0.4, 0.5) is 0 Å². The molecule has 1 unspecified atom stereocenters. The molecule has 0 bridgehead atoms. The van der Waals surface area contributed by atoms with Crippen LogP contribution in [0.25, 0.3) is 11.0 Å². The average molecular weight is 253 g/mol. The zero-order valence-electron chi connectivity index (χ0n) is 9.68. The van der Waals surface area contributed by atoms with Gasteiger partial charge in [0.25, 0.3) is 0 Å². The number of benzene rings is 1. The predicted molar refractivity (Wildman–Crippen MR) is 65.9 cm³/mol. The second kappa shape index (κ2) is 4.75. The molecular formula is C12H13ClN2O2. The summed E-state index contributed by atoms with van der Waals surface area (Å²) in [6, 6.07) is 7.64. The van der Waals surface area contributed by atoms with Gasteiger partial charge in [-0.3, -0.25) is 4.79 Å². The molecule has 0 aliphatic heterocycles. The minimum atomic E-state index is -0.255. The van der Waals surface area contributed by atoms with Crippen LogP contribution in [0.15, 0.2) is 24.3 Å². The molecule has 5 heteroatoms. The molecule has 0 N–H and O–H groups in total. The zero-order valence-corrected chi connectivity index (χ0v) is 10.4. The number of aromatic nitrogens is 2. The Morgan fingerprint density at radius 1 is 1.53 bits per heavy atom. The Morgan fingerprint density at radius 3 is 2.94 bits per heavy atom. The molecule has 1 atom stereocenters. The SMILES string of the molecule is COC(=O)C(C)Cn1c(Cl)nc2ccccc21. The van der Waals surface area contributed by atoms with E-state index in [0.29, 0.717) is 11.8 Å². The number of hydrogen-bond donors (Lipinski definition) is 0. The van der Waals surface area contributed by atoms with Crippen LogP contribution in [0.1, 0.15) is 6.92 Å². The summed E-state index contributed by atoms with van der Waals surface area (Å²) in [5, 5.41) is 0.391. The fourth-order valence-corrected chi connectivity index (χ4v) is 2.02. The zero-order chi connectivity index (χ0) is 12.4. The fraction of sp³-hybridized carbons (Fsp3) is 0.333.